The number of methoxy groups -OCH3 is 1. The maximum Gasteiger partial charge on any atom is 0.161 e. The average molecular weight is 287 g/mol. The molecule has 0 saturated heterocycles. The largest absolute Gasteiger partial charge is 0.493 e. The molecule has 1 heterocycles. The summed E-state index contributed by atoms with van der Waals surface area (Å²) in [5.74, 6) is 0.841. The molecular weight excluding hydrogens is 262 g/mol. The molecule has 0 fully saturated rings. The maximum absolute atomic E-state index is 5.53. The third kappa shape index (κ3) is 3.10. The highest BCUT2D eigenvalue weighted by Crippen LogP contribution is 2.31. The minimum absolute atomic E-state index is 0.0881. The van der Waals surface area contributed by atoms with Gasteiger partial charge in [-0.2, -0.15) is 5.10 Å². The molecule has 1 aromatic carbocycles. The Balaban J connectivity index is 2.52. The summed E-state index contributed by atoms with van der Waals surface area (Å²) in [7, 11) is 3.69. The van der Waals surface area contributed by atoms with E-state index in [4.69, 9.17) is 4.74 Å². The monoisotopic (exact) mass is 287 g/mol. The van der Waals surface area contributed by atoms with Crippen molar-refractivity contribution in [1.29, 1.82) is 0 Å². The van der Waals surface area contributed by atoms with Gasteiger partial charge < -0.3 is 10.1 Å². The number of aromatic nitrogens is 2. The Morgan fingerprint density at radius 3 is 2.67 bits per heavy atom. The Hall–Kier alpha value is -1.81. The zero-order valence-corrected chi connectivity index (χ0v) is 13.4. The number of benzene rings is 1. The van der Waals surface area contributed by atoms with Crippen LogP contribution in [-0.4, -0.2) is 23.9 Å². The molecule has 1 N–H and O–H groups in total. The van der Waals surface area contributed by atoms with E-state index in [1.54, 1.807) is 7.11 Å². The molecule has 0 amide bonds. The van der Waals surface area contributed by atoms with E-state index >= 15 is 0 Å². The topological polar surface area (TPSA) is 39.1 Å². The first-order chi connectivity index (χ1) is 10.3. The minimum atomic E-state index is 0.0881. The van der Waals surface area contributed by atoms with Gasteiger partial charge in [0.2, 0.25) is 0 Å². The summed E-state index contributed by atoms with van der Waals surface area (Å²) >= 11 is 0. The highest BCUT2D eigenvalue weighted by Gasteiger charge is 2.23. The van der Waals surface area contributed by atoms with Crippen LogP contribution >= 0.6 is 0 Å². The lowest BCUT2D eigenvalue weighted by Crippen LogP contribution is -2.23. The molecule has 2 rings (SSSR count). The van der Waals surface area contributed by atoms with Crippen LogP contribution in [0.3, 0.4) is 0 Å². The fourth-order valence-corrected chi connectivity index (χ4v) is 2.79. The molecule has 0 aliphatic rings. The summed E-state index contributed by atoms with van der Waals surface area (Å²) in [5.41, 5.74) is 3.74. The molecule has 0 aliphatic heterocycles. The van der Waals surface area contributed by atoms with Gasteiger partial charge in [-0.15, -0.1) is 0 Å². The molecule has 21 heavy (non-hydrogen) atoms. The lowest BCUT2D eigenvalue weighted by atomic mass is 9.96. The van der Waals surface area contributed by atoms with Crippen LogP contribution in [-0.2, 0) is 13.0 Å². The van der Waals surface area contributed by atoms with Crippen molar-refractivity contribution in [3.63, 3.8) is 0 Å². The molecule has 2 aromatic rings. The van der Waals surface area contributed by atoms with Crippen LogP contribution in [0.2, 0.25) is 0 Å². The van der Waals surface area contributed by atoms with Crippen LogP contribution in [0.25, 0.3) is 0 Å². The Morgan fingerprint density at radius 2 is 2.05 bits per heavy atom. The van der Waals surface area contributed by atoms with Gasteiger partial charge in [0.05, 0.1) is 19.3 Å². The zero-order valence-electron chi connectivity index (χ0n) is 13.4. The number of nitrogens with one attached hydrogen (secondary N) is 1. The van der Waals surface area contributed by atoms with Crippen molar-refractivity contribution < 1.29 is 4.74 Å². The predicted octanol–water partition coefficient (Wildman–Crippen LogP) is 3.17. The first kappa shape index (κ1) is 15.6. The van der Waals surface area contributed by atoms with Crippen molar-refractivity contribution in [2.24, 2.45) is 0 Å². The first-order valence-electron chi connectivity index (χ1n) is 7.61. The van der Waals surface area contributed by atoms with Gasteiger partial charge in [-0.1, -0.05) is 38.1 Å². The van der Waals surface area contributed by atoms with E-state index in [9.17, 15) is 0 Å². The smallest absolute Gasteiger partial charge is 0.161 e. The molecule has 0 aliphatic carbocycles. The number of nitrogens with zero attached hydrogens (tertiary/aromatic N) is 2. The van der Waals surface area contributed by atoms with E-state index in [1.807, 2.05) is 17.9 Å². The molecule has 1 atom stereocenters. The van der Waals surface area contributed by atoms with Crippen molar-refractivity contribution >= 4 is 0 Å². The number of ether oxygens (including phenoxy) is 1. The summed E-state index contributed by atoms with van der Waals surface area (Å²) < 4.78 is 7.57. The fourth-order valence-electron chi connectivity index (χ4n) is 2.79. The Bertz CT molecular complexity index is 577. The maximum atomic E-state index is 5.53. The van der Waals surface area contributed by atoms with Gasteiger partial charge in [-0.25, -0.2) is 0 Å². The number of hydrogen-bond acceptors (Lipinski definition) is 3. The summed E-state index contributed by atoms with van der Waals surface area (Å²) in [6.07, 6.45) is 3.87. The van der Waals surface area contributed by atoms with Gasteiger partial charge in [0.1, 0.15) is 5.69 Å². The van der Waals surface area contributed by atoms with E-state index in [0.717, 1.165) is 30.8 Å². The molecule has 1 unspecified atom stereocenters. The normalized spacial score (nSPS) is 12.4. The zero-order chi connectivity index (χ0) is 15.2. The van der Waals surface area contributed by atoms with E-state index < -0.39 is 0 Å². The number of aryl methyl sites for hydroxylation is 2. The molecule has 114 valence electrons. The average Bonchev–Trinajstić information content (AvgIpc) is 2.92. The SMILES string of the molecule is CCCn1ncc(OC)c1C(NC)c1ccccc1CC. The minimum Gasteiger partial charge on any atom is -0.493 e. The molecule has 4 nitrogen and oxygen atoms in total. The molecule has 0 saturated carbocycles. The summed E-state index contributed by atoms with van der Waals surface area (Å²) in [5, 5.41) is 7.91. The van der Waals surface area contributed by atoms with E-state index in [1.165, 1.54) is 11.1 Å². The molecule has 1 aromatic heterocycles. The standard InChI is InChI=1S/C17H25N3O/c1-5-11-20-17(15(21-4)12-19-20)16(18-3)14-10-8-7-9-13(14)6-2/h7-10,12,16,18H,5-6,11H2,1-4H3. The van der Waals surface area contributed by atoms with Crippen molar-refractivity contribution in [2.45, 2.75) is 39.3 Å². The van der Waals surface area contributed by atoms with E-state index in [-0.39, 0.29) is 6.04 Å². The third-order valence-electron chi connectivity index (χ3n) is 3.81. The van der Waals surface area contributed by atoms with E-state index in [2.05, 4.69) is 48.5 Å². The fraction of sp³-hybridized carbons (Fsp3) is 0.471. The van der Waals surface area contributed by atoms with Crippen molar-refractivity contribution in [1.82, 2.24) is 15.1 Å². The van der Waals surface area contributed by atoms with Crippen molar-refractivity contribution in [3.05, 3.63) is 47.3 Å². The quantitative estimate of drug-likeness (QED) is 0.850. The first-order valence-corrected chi connectivity index (χ1v) is 7.61. The third-order valence-corrected chi connectivity index (χ3v) is 3.81. The number of hydrogen-bond donors (Lipinski definition) is 1. The summed E-state index contributed by atoms with van der Waals surface area (Å²) in [6.45, 7) is 5.24. The molecule has 4 heteroatoms. The second-order valence-corrected chi connectivity index (χ2v) is 5.10. The van der Waals surface area contributed by atoms with Gasteiger partial charge in [-0.3, -0.25) is 4.68 Å². The van der Waals surface area contributed by atoms with Crippen LogP contribution in [0.15, 0.2) is 30.5 Å². The van der Waals surface area contributed by atoms with Gasteiger partial charge in [-0.05, 0) is 31.0 Å². The second-order valence-electron chi connectivity index (χ2n) is 5.10. The van der Waals surface area contributed by atoms with Crippen molar-refractivity contribution in [3.8, 4) is 5.75 Å². The van der Waals surface area contributed by atoms with Crippen LogP contribution in [0, 0.1) is 0 Å². The Kier molecular flexibility index (Phi) is 5.39. The van der Waals surface area contributed by atoms with Gasteiger partial charge in [0.25, 0.3) is 0 Å². The van der Waals surface area contributed by atoms with Gasteiger partial charge >= 0.3 is 0 Å². The second kappa shape index (κ2) is 7.27. The van der Waals surface area contributed by atoms with Crippen LogP contribution in [0.5, 0.6) is 5.75 Å². The molecule has 0 radical (unpaired) electrons. The molecule has 0 bridgehead atoms. The lowest BCUT2D eigenvalue weighted by Gasteiger charge is -2.22. The Labute approximate surface area is 127 Å². The lowest BCUT2D eigenvalue weighted by molar-refractivity contribution is 0.400. The molecular formula is C17H25N3O. The van der Waals surface area contributed by atoms with Gasteiger partial charge in [0.15, 0.2) is 5.75 Å². The predicted molar refractivity (Wildman–Crippen MR) is 85.8 cm³/mol. The Morgan fingerprint density at radius 1 is 1.29 bits per heavy atom. The van der Waals surface area contributed by atoms with Gasteiger partial charge in [0, 0.05) is 6.54 Å². The van der Waals surface area contributed by atoms with E-state index in [0.29, 0.717) is 0 Å². The highest BCUT2D eigenvalue weighted by molar-refractivity contribution is 5.40. The van der Waals surface area contributed by atoms with Crippen molar-refractivity contribution in [2.75, 3.05) is 14.2 Å². The highest BCUT2D eigenvalue weighted by atomic mass is 16.5. The van der Waals surface area contributed by atoms with Crippen LogP contribution in [0.1, 0.15) is 43.1 Å². The molecule has 0 spiro atoms. The number of rotatable bonds is 7. The summed E-state index contributed by atoms with van der Waals surface area (Å²) in [6, 6.07) is 8.64. The summed E-state index contributed by atoms with van der Waals surface area (Å²) in [4.78, 5) is 0. The van der Waals surface area contributed by atoms with Crippen LogP contribution in [0.4, 0.5) is 0 Å². The van der Waals surface area contributed by atoms with Crippen LogP contribution < -0.4 is 10.1 Å².